The molecule has 0 aliphatic carbocycles. The van der Waals surface area contributed by atoms with E-state index >= 15 is 0 Å². The zero-order valence-electron chi connectivity index (χ0n) is 15.3. The Labute approximate surface area is 177 Å². The Bertz CT molecular complexity index is 950. The van der Waals surface area contributed by atoms with Gasteiger partial charge in [-0.15, -0.1) is 11.3 Å². The Morgan fingerprint density at radius 1 is 1.04 bits per heavy atom. The Kier molecular flexibility index (Phi) is 5.47. The van der Waals surface area contributed by atoms with E-state index in [1.807, 2.05) is 22.4 Å². The van der Waals surface area contributed by atoms with Gasteiger partial charge in [-0.1, -0.05) is 36.2 Å². The zero-order chi connectivity index (χ0) is 19.8. The van der Waals surface area contributed by atoms with Gasteiger partial charge >= 0.3 is 0 Å². The summed E-state index contributed by atoms with van der Waals surface area (Å²) in [5, 5.41) is 2.64. The second kappa shape index (κ2) is 7.87. The highest BCUT2D eigenvalue weighted by Crippen LogP contribution is 2.39. The Morgan fingerprint density at radius 2 is 1.79 bits per heavy atom. The first-order valence-electron chi connectivity index (χ1n) is 9.10. The zero-order valence-corrected chi connectivity index (χ0v) is 17.7. The summed E-state index contributed by atoms with van der Waals surface area (Å²) >= 11 is 13.9. The number of likely N-dealkylation sites (N-methyl/N-ethyl adjacent to an activating group) is 1. The van der Waals surface area contributed by atoms with Gasteiger partial charge in [0.05, 0.1) is 16.3 Å². The van der Waals surface area contributed by atoms with E-state index in [1.165, 1.54) is 11.3 Å². The number of piperazine rings is 1. The van der Waals surface area contributed by atoms with E-state index in [0.717, 1.165) is 29.4 Å². The quantitative estimate of drug-likeness (QED) is 0.681. The molecule has 1 aromatic carbocycles. The molecule has 0 N–H and O–H groups in total. The fourth-order valence-corrected chi connectivity index (χ4v) is 4.75. The molecular weight excluding hydrogens is 417 g/mol. The van der Waals surface area contributed by atoms with Crippen molar-refractivity contribution >= 4 is 57.6 Å². The predicted octanol–water partition coefficient (Wildman–Crippen LogP) is 3.98. The molecule has 1 fully saturated rings. The first-order valence-corrected chi connectivity index (χ1v) is 10.7. The van der Waals surface area contributed by atoms with Crippen LogP contribution in [-0.4, -0.2) is 54.3 Å². The number of hydrogen-bond donors (Lipinski definition) is 0. The van der Waals surface area contributed by atoms with Gasteiger partial charge in [-0.05, 0) is 36.2 Å². The van der Waals surface area contributed by atoms with Crippen LogP contribution in [0.5, 0.6) is 0 Å². The van der Waals surface area contributed by atoms with E-state index in [-0.39, 0.29) is 11.8 Å². The lowest BCUT2D eigenvalue weighted by Crippen LogP contribution is -2.47. The molecule has 8 heteroatoms. The van der Waals surface area contributed by atoms with Crippen LogP contribution in [-0.2, 0) is 9.59 Å². The van der Waals surface area contributed by atoms with Gasteiger partial charge in [0, 0.05) is 36.1 Å². The smallest absolute Gasteiger partial charge is 0.282 e. The van der Waals surface area contributed by atoms with Crippen LogP contribution in [0.15, 0.2) is 41.4 Å². The molecule has 3 heterocycles. The Balaban J connectivity index is 1.77. The summed E-state index contributed by atoms with van der Waals surface area (Å²) < 4.78 is 0. The van der Waals surface area contributed by atoms with E-state index in [0.29, 0.717) is 40.1 Å². The molecule has 1 saturated heterocycles. The van der Waals surface area contributed by atoms with Crippen LogP contribution in [0.3, 0.4) is 0 Å². The average Bonchev–Trinajstić information content (AvgIpc) is 3.30. The number of carbonyl (C=O) groups is 2. The molecule has 0 unspecified atom stereocenters. The third kappa shape index (κ3) is 3.35. The Morgan fingerprint density at radius 3 is 2.43 bits per heavy atom. The van der Waals surface area contributed by atoms with E-state index in [9.17, 15) is 9.59 Å². The second-order valence-corrected chi connectivity index (χ2v) is 8.45. The maximum absolute atomic E-state index is 13.4. The molecule has 1 aromatic heterocycles. The Hall–Kier alpha value is -1.86. The third-order valence-electron chi connectivity index (χ3n) is 5.11. The van der Waals surface area contributed by atoms with E-state index in [2.05, 4.69) is 11.8 Å². The SMILES string of the molecule is CCN1CCN(C2=C(c3cccs3)C(=O)N(c3cc(Cl)ccc3Cl)C2=O)CC1. The van der Waals surface area contributed by atoms with Gasteiger partial charge in [0.15, 0.2) is 0 Å². The largest absolute Gasteiger partial charge is 0.364 e. The summed E-state index contributed by atoms with van der Waals surface area (Å²) in [5.41, 5.74) is 1.22. The van der Waals surface area contributed by atoms with Crippen molar-refractivity contribution in [2.24, 2.45) is 0 Å². The van der Waals surface area contributed by atoms with Crippen LogP contribution in [0.1, 0.15) is 11.8 Å². The standard InChI is InChI=1S/C20H19Cl2N3O2S/c1-2-23-7-9-24(10-8-23)18-17(16-4-3-11-28-16)19(26)25(20(18)27)15-12-13(21)5-6-14(15)22/h3-6,11-12H,2,7-10H2,1H3. The third-order valence-corrected chi connectivity index (χ3v) is 6.55. The normalized spacial score (nSPS) is 18.5. The molecule has 2 aromatic rings. The molecule has 2 aliphatic heterocycles. The number of thiophene rings is 1. The van der Waals surface area contributed by atoms with Crippen LogP contribution < -0.4 is 4.90 Å². The van der Waals surface area contributed by atoms with Gasteiger partial charge in [-0.2, -0.15) is 0 Å². The lowest BCUT2D eigenvalue weighted by Gasteiger charge is -2.35. The van der Waals surface area contributed by atoms with E-state index in [4.69, 9.17) is 23.2 Å². The molecular formula is C20H19Cl2N3O2S. The molecule has 0 saturated carbocycles. The number of benzene rings is 1. The predicted molar refractivity (Wildman–Crippen MR) is 114 cm³/mol. The van der Waals surface area contributed by atoms with Gasteiger partial charge in [-0.3, -0.25) is 9.59 Å². The highest BCUT2D eigenvalue weighted by molar-refractivity contribution is 7.11. The maximum Gasteiger partial charge on any atom is 0.282 e. The molecule has 0 spiro atoms. The van der Waals surface area contributed by atoms with Gasteiger partial charge in [0.25, 0.3) is 11.8 Å². The summed E-state index contributed by atoms with van der Waals surface area (Å²) in [6.07, 6.45) is 0. The van der Waals surface area contributed by atoms with Gasteiger partial charge in [0.1, 0.15) is 5.70 Å². The fourth-order valence-electron chi connectivity index (χ4n) is 3.62. The molecule has 146 valence electrons. The first kappa shape index (κ1) is 19.5. The van der Waals surface area contributed by atoms with Crippen molar-refractivity contribution < 1.29 is 9.59 Å². The first-order chi connectivity index (χ1) is 13.5. The topological polar surface area (TPSA) is 43.9 Å². The van der Waals surface area contributed by atoms with Crippen LogP contribution in [0.25, 0.3) is 5.57 Å². The number of hydrogen-bond acceptors (Lipinski definition) is 5. The van der Waals surface area contributed by atoms with Gasteiger partial charge < -0.3 is 9.80 Å². The minimum Gasteiger partial charge on any atom is -0.364 e. The summed E-state index contributed by atoms with van der Waals surface area (Å²) in [6, 6.07) is 8.55. The molecule has 4 rings (SSSR count). The molecule has 5 nitrogen and oxygen atoms in total. The fraction of sp³-hybridized carbons (Fsp3) is 0.300. The minimum absolute atomic E-state index is 0.314. The van der Waals surface area contributed by atoms with Gasteiger partial charge in [-0.25, -0.2) is 4.90 Å². The van der Waals surface area contributed by atoms with Crippen LogP contribution >= 0.6 is 34.5 Å². The van der Waals surface area contributed by atoms with Crippen molar-refractivity contribution in [2.45, 2.75) is 6.92 Å². The molecule has 2 aliphatic rings. The van der Waals surface area contributed by atoms with Crippen LogP contribution in [0.4, 0.5) is 5.69 Å². The van der Waals surface area contributed by atoms with Crippen LogP contribution in [0, 0.1) is 0 Å². The van der Waals surface area contributed by atoms with E-state index in [1.54, 1.807) is 18.2 Å². The molecule has 28 heavy (non-hydrogen) atoms. The summed E-state index contributed by atoms with van der Waals surface area (Å²) in [6.45, 7) is 6.22. The van der Waals surface area contributed by atoms with Crippen molar-refractivity contribution in [2.75, 3.05) is 37.6 Å². The second-order valence-electron chi connectivity index (χ2n) is 6.66. The average molecular weight is 436 g/mol. The molecule has 0 atom stereocenters. The lowest BCUT2D eigenvalue weighted by molar-refractivity contribution is -0.120. The highest BCUT2D eigenvalue weighted by atomic mass is 35.5. The monoisotopic (exact) mass is 435 g/mol. The number of carbonyl (C=O) groups excluding carboxylic acids is 2. The van der Waals surface area contributed by atoms with Crippen LogP contribution in [0.2, 0.25) is 10.0 Å². The minimum atomic E-state index is -0.357. The maximum atomic E-state index is 13.4. The number of anilines is 1. The van der Waals surface area contributed by atoms with Crippen molar-refractivity contribution in [3.63, 3.8) is 0 Å². The van der Waals surface area contributed by atoms with E-state index < -0.39 is 0 Å². The number of nitrogens with zero attached hydrogens (tertiary/aromatic N) is 3. The number of imide groups is 1. The molecule has 2 amide bonds. The van der Waals surface area contributed by atoms with Crippen molar-refractivity contribution in [3.05, 3.63) is 56.3 Å². The number of halogens is 2. The summed E-state index contributed by atoms with van der Waals surface area (Å²) in [4.78, 5) is 33.1. The molecule has 0 radical (unpaired) electrons. The number of rotatable bonds is 4. The summed E-state index contributed by atoms with van der Waals surface area (Å²) in [5.74, 6) is -0.702. The number of amides is 2. The lowest BCUT2D eigenvalue weighted by atomic mass is 10.1. The van der Waals surface area contributed by atoms with Crippen molar-refractivity contribution in [1.29, 1.82) is 0 Å². The summed E-state index contributed by atoms with van der Waals surface area (Å²) in [7, 11) is 0. The van der Waals surface area contributed by atoms with Crippen molar-refractivity contribution in [1.82, 2.24) is 9.80 Å². The highest BCUT2D eigenvalue weighted by Gasteiger charge is 2.44. The van der Waals surface area contributed by atoms with Crippen molar-refractivity contribution in [3.8, 4) is 0 Å². The molecule has 0 bridgehead atoms. The van der Waals surface area contributed by atoms with Gasteiger partial charge in [0.2, 0.25) is 0 Å².